The summed E-state index contributed by atoms with van der Waals surface area (Å²) in [6, 6.07) is 13.2. The van der Waals surface area contributed by atoms with E-state index in [1.54, 1.807) is 48.5 Å². The minimum atomic E-state index is -0.799. The average molecular weight is 325 g/mol. The Morgan fingerprint density at radius 1 is 1.10 bits per heavy atom. The number of halogens is 2. The van der Waals surface area contributed by atoms with Crippen LogP contribution in [0, 0.1) is 0 Å². The van der Waals surface area contributed by atoms with Crippen molar-refractivity contribution in [2.45, 2.75) is 6.10 Å². The van der Waals surface area contributed by atoms with E-state index in [0.717, 1.165) is 0 Å². The molecule has 1 unspecified atom stereocenters. The smallest absolute Gasteiger partial charge is 0.319 e. The molecule has 4 nitrogen and oxygen atoms in total. The van der Waals surface area contributed by atoms with E-state index in [2.05, 4.69) is 10.6 Å². The molecule has 0 aliphatic heterocycles. The van der Waals surface area contributed by atoms with Crippen LogP contribution in [-0.2, 0) is 0 Å². The first-order valence-corrected chi connectivity index (χ1v) is 7.04. The first kappa shape index (κ1) is 15.6. The number of nitrogens with one attached hydrogen (secondary N) is 2. The maximum absolute atomic E-state index is 11.7. The number of benzene rings is 2. The average Bonchev–Trinajstić information content (AvgIpc) is 2.45. The highest BCUT2D eigenvalue weighted by Gasteiger charge is 2.09. The Morgan fingerprint density at radius 2 is 1.81 bits per heavy atom. The number of amides is 2. The highest BCUT2D eigenvalue weighted by molar-refractivity contribution is 6.31. The Morgan fingerprint density at radius 3 is 2.48 bits per heavy atom. The lowest BCUT2D eigenvalue weighted by atomic mass is 10.1. The van der Waals surface area contributed by atoms with E-state index >= 15 is 0 Å². The summed E-state index contributed by atoms with van der Waals surface area (Å²) in [5.74, 6) is 0. The predicted octanol–water partition coefficient (Wildman–Crippen LogP) is 3.85. The standard InChI is InChI=1S/C15H14Cl2N2O2/c16-11-6-4-10(5-7-11)14(20)9-18-15(21)19-13-3-1-2-12(17)8-13/h1-8,14,20H,9H2,(H2,18,19,21). The van der Waals surface area contributed by atoms with Gasteiger partial charge in [0.25, 0.3) is 0 Å². The van der Waals surface area contributed by atoms with E-state index in [0.29, 0.717) is 21.3 Å². The van der Waals surface area contributed by atoms with Crippen LogP contribution >= 0.6 is 23.2 Å². The van der Waals surface area contributed by atoms with Crippen molar-refractivity contribution in [3.8, 4) is 0 Å². The molecule has 0 aliphatic carbocycles. The van der Waals surface area contributed by atoms with Crippen LogP contribution in [0.3, 0.4) is 0 Å². The fraction of sp³-hybridized carbons (Fsp3) is 0.133. The summed E-state index contributed by atoms with van der Waals surface area (Å²) in [4.78, 5) is 11.7. The van der Waals surface area contributed by atoms with E-state index in [9.17, 15) is 9.90 Å². The molecule has 1 atom stereocenters. The quantitative estimate of drug-likeness (QED) is 0.800. The van der Waals surface area contributed by atoms with Crippen LogP contribution < -0.4 is 10.6 Å². The number of hydrogen-bond acceptors (Lipinski definition) is 2. The van der Waals surface area contributed by atoms with Crippen molar-refractivity contribution in [2.24, 2.45) is 0 Å². The summed E-state index contributed by atoms with van der Waals surface area (Å²) in [7, 11) is 0. The summed E-state index contributed by atoms with van der Waals surface area (Å²) >= 11 is 11.6. The normalized spacial score (nSPS) is 11.8. The third-order valence-electron chi connectivity index (χ3n) is 2.79. The minimum Gasteiger partial charge on any atom is -0.387 e. The van der Waals surface area contributed by atoms with E-state index in [-0.39, 0.29) is 6.54 Å². The van der Waals surface area contributed by atoms with Gasteiger partial charge in [-0.25, -0.2) is 4.79 Å². The van der Waals surface area contributed by atoms with Crippen molar-refractivity contribution in [2.75, 3.05) is 11.9 Å². The maximum atomic E-state index is 11.7. The Labute approximate surface area is 132 Å². The van der Waals surface area contributed by atoms with Crippen LogP contribution in [0.2, 0.25) is 10.0 Å². The molecule has 0 fully saturated rings. The number of hydrogen-bond donors (Lipinski definition) is 3. The first-order valence-electron chi connectivity index (χ1n) is 6.28. The van der Waals surface area contributed by atoms with Gasteiger partial charge in [0.1, 0.15) is 0 Å². The highest BCUT2D eigenvalue weighted by Crippen LogP contribution is 2.16. The molecule has 0 aliphatic rings. The van der Waals surface area contributed by atoms with Gasteiger partial charge in [0.15, 0.2) is 0 Å². The van der Waals surface area contributed by atoms with Crippen molar-refractivity contribution in [3.63, 3.8) is 0 Å². The molecule has 2 aromatic carbocycles. The molecule has 110 valence electrons. The topological polar surface area (TPSA) is 61.4 Å². The third-order valence-corrected chi connectivity index (χ3v) is 3.28. The number of carbonyl (C=O) groups is 1. The lowest BCUT2D eigenvalue weighted by Gasteiger charge is -2.13. The van der Waals surface area contributed by atoms with Gasteiger partial charge in [-0.3, -0.25) is 0 Å². The SMILES string of the molecule is O=C(NCC(O)c1ccc(Cl)cc1)Nc1cccc(Cl)c1. The van der Waals surface area contributed by atoms with Crippen LogP contribution in [0.25, 0.3) is 0 Å². The molecule has 0 heterocycles. The van der Waals surface area contributed by atoms with Crippen LogP contribution in [-0.4, -0.2) is 17.7 Å². The van der Waals surface area contributed by atoms with Crippen molar-refractivity contribution >= 4 is 34.9 Å². The lowest BCUT2D eigenvalue weighted by Crippen LogP contribution is -2.32. The van der Waals surface area contributed by atoms with E-state index < -0.39 is 12.1 Å². The zero-order chi connectivity index (χ0) is 15.2. The molecule has 0 aromatic heterocycles. The molecular weight excluding hydrogens is 311 g/mol. The second-order valence-electron chi connectivity index (χ2n) is 4.41. The molecular formula is C15H14Cl2N2O2. The van der Waals surface area contributed by atoms with E-state index in [1.807, 2.05) is 0 Å². The maximum Gasteiger partial charge on any atom is 0.319 e. The predicted molar refractivity (Wildman–Crippen MR) is 84.9 cm³/mol. The second kappa shape index (κ2) is 7.31. The number of aliphatic hydroxyl groups excluding tert-OH is 1. The van der Waals surface area contributed by atoms with Gasteiger partial charge in [0.2, 0.25) is 0 Å². The fourth-order valence-corrected chi connectivity index (χ4v) is 2.05. The Hall–Kier alpha value is -1.75. The van der Waals surface area contributed by atoms with E-state index in [1.165, 1.54) is 0 Å². The number of carbonyl (C=O) groups excluding carboxylic acids is 1. The monoisotopic (exact) mass is 324 g/mol. The largest absolute Gasteiger partial charge is 0.387 e. The summed E-state index contributed by atoms with van der Waals surface area (Å²) < 4.78 is 0. The molecule has 6 heteroatoms. The van der Waals surface area contributed by atoms with Crippen LogP contribution in [0.15, 0.2) is 48.5 Å². The fourth-order valence-electron chi connectivity index (χ4n) is 1.73. The first-order chi connectivity index (χ1) is 10.0. The van der Waals surface area contributed by atoms with Gasteiger partial charge in [-0.2, -0.15) is 0 Å². The molecule has 3 N–H and O–H groups in total. The molecule has 2 amide bonds. The van der Waals surface area contributed by atoms with Gasteiger partial charge in [-0.1, -0.05) is 41.4 Å². The molecule has 2 rings (SSSR count). The minimum absolute atomic E-state index is 0.0913. The van der Waals surface area contributed by atoms with Crippen molar-refractivity contribution in [1.82, 2.24) is 5.32 Å². The molecule has 0 bridgehead atoms. The number of rotatable bonds is 4. The summed E-state index contributed by atoms with van der Waals surface area (Å²) in [5, 5.41) is 16.3. The molecule has 0 radical (unpaired) electrons. The molecule has 21 heavy (non-hydrogen) atoms. The molecule has 2 aromatic rings. The van der Waals surface area contributed by atoms with Gasteiger partial charge in [0, 0.05) is 22.3 Å². The zero-order valence-electron chi connectivity index (χ0n) is 11.0. The second-order valence-corrected chi connectivity index (χ2v) is 5.29. The van der Waals surface area contributed by atoms with Gasteiger partial charge in [0.05, 0.1) is 6.10 Å². The van der Waals surface area contributed by atoms with Crippen LogP contribution in [0.1, 0.15) is 11.7 Å². The Balaban J connectivity index is 1.84. The number of urea groups is 1. The van der Waals surface area contributed by atoms with Gasteiger partial charge in [-0.05, 0) is 35.9 Å². The summed E-state index contributed by atoms with van der Waals surface area (Å²) in [6.07, 6.45) is -0.799. The van der Waals surface area contributed by atoms with Gasteiger partial charge >= 0.3 is 6.03 Å². The summed E-state index contributed by atoms with van der Waals surface area (Å²) in [6.45, 7) is 0.0913. The van der Waals surface area contributed by atoms with Gasteiger partial charge < -0.3 is 15.7 Å². The van der Waals surface area contributed by atoms with Crippen LogP contribution in [0.4, 0.5) is 10.5 Å². The van der Waals surface area contributed by atoms with Crippen molar-refractivity contribution in [1.29, 1.82) is 0 Å². The van der Waals surface area contributed by atoms with Crippen molar-refractivity contribution in [3.05, 3.63) is 64.1 Å². The Kier molecular flexibility index (Phi) is 5.44. The lowest BCUT2D eigenvalue weighted by molar-refractivity contribution is 0.175. The molecule has 0 saturated carbocycles. The summed E-state index contributed by atoms with van der Waals surface area (Å²) in [5.41, 5.74) is 1.27. The van der Waals surface area contributed by atoms with E-state index in [4.69, 9.17) is 23.2 Å². The third kappa shape index (κ3) is 4.93. The number of anilines is 1. The number of aliphatic hydroxyl groups is 1. The molecule has 0 spiro atoms. The van der Waals surface area contributed by atoms with Gasteiger partial charge in [-0.15, -0.1) is 0 Å². The van der Waals surface area contributed by atoms with Crippen molar-refractivity contribution < 1.29 is 9.90 Å². The zero-order valence-corrected chi connectivity index (χ0v) is 12.5. The van der Waals surface area contributed by atoms with Crippen LogP contribution in [0.5, 0.6) is 0 Å². The highest BCUT2D eigenvalue weighted by atomic mass is 35.5. The Bertz CT molecular complexity index is 617. The molecule has 0 saturated heterocycles.